The normalized spacial score (nSPS) is 9.42. The summed E-state index contributed by atoms with van der Waals surface area (Å²) in [6.45, 7) is 0. The molecule has 64 valence electrons. The average Bonchev–Trinajstić information content (AvgIpc) is 2.05. The third kappa shape index (κ3) is 1.70. The summed E-state index contributed by atoms with van der Waals surface area (Å²) in [5.74, 6) is -0.556. The molecule has 0 spiro atoms. The van der Waals surface area contributed by atoms with E-state index >= 15 is 0 Å². The van der Waals surface area contributed by atoms with Crippen LogP contribution in [0.2, 0.25) is 0 Å². The summed E-state index contributed by atoms with van der Waals surface area (Å²) in [6, 6.07) is 1.27. The minimum Gasteiger partial charge on any atom is -0.367 e. The Balaban J connectivity index is 2.95. The molecule has 2 N–H and O–H groups in total. The summed E-state index contributed by atoms with van der Waals surface area (Å²) < 4.78 is 0. The van der Waals surface area contributed by atoms with Crippen molar-refractivity contribution in [3.8, 4) is 0 Å². The van der Waals surface area contributed by atoms with Crippen molar-refractivity contribution in [2.45, 2.75) is 0 Å². The van der Waals surface area contributed by atoms with Crippen molar-refractivity contribution in [3.63, 3.8) is 0 Å². The number of hydrogen-bond donors (Lipinski definition) is 2. The minimum atomic E-state index is -0.556. The number of H-pyrrole nitrogens is 1. The SMILES string of the molecule is CONC(=O)c1c[nH]ccc1=O. The molecule has 1 aromatic heterocycles. The van der Waals surface area contributed by atoms with Gasteiger partial charge in [0.1, 0.15) is 5.56 Å². The van der Waals surface area contributed by atoms with Crippen molar-refractivity contribution in [1.29, 1.82) is 0 Å². The van der Waals surface area contributed by atoms with E-state index in [1.54, 1.807) is 0 Å². The lowest BCUT2D eigenvalue weighted by molar-refractivity contribution is 0.0536. The van der Waals surface area contributed by atoms with Crippen LogP contribution in [-0.4, -0.2) is 18.0 Å². The number of carbonyl (C=O) groups is 1. The zero-order valence-corrected chi connectivity index (χ0v) is 6.46. The highest BCUT2D eigenvalue weighted by molar-refractivity contribution is 5.92. The van der Waals surface area contributed by atoms with Gasteiger partial charge in [0.05, 0.1) is 7.11 Å². The van der Waals surface area contributed by atoms with Crippen LogP contribution in [-0.2, 0) is 4.84 Å². The molecule has 0 unspecified atom stereocenters. The molecule has 0 saturated carbocycles. The van der Waals surface area contributed by atoms with Crippen LogP contribution in [0, 0.1) is 0 Å². The predicted octanol–water partition coefficient (Wildman–Crippen LogP) is -0.334. The van der Waals surface area contributed by atoms with Crippen molar-refractivity contribution in [2.24, 2.45) is 0 Å². The van der Waals surface area contributed by atoms with Crippen molar-refractivity contribution in [3.05, 3.63) is 34.2 Å². The highest BCUT2D eigenvalue weighted by atomic mass is 16.6. The topological polar surface area (TPSA) is 71.2 Å². The van der Waals surface area contributed by atoms with Crippen LogP contribution in [0.25, 0.3) is 0 Å². The number of aromatic nitrogens is 1. The summed E-state index contributed by atoms with van der Waals surface area (Å²) in [6.07, 6.45) is 2.77. The predicted molar refractivity (Wildman–Crippen MR) is 41.5 cm³/mol. The zero-order chi connectivity index (χ0) is 8.97. The molecule has 0 aromatic carbocycles. The second-order valence-corrected chi connectivity index (χ2v) is 2.06. The summed E-state index contributed by atoms with van der Waals surface area (Å²) in [7, 11) is 1.30. The average molecular weight is 168 g/mol. The number of hydroxylamine groups is 1. The molecule has 1 amide bonds. The lowest BCUT2D eigenvalue weighted by atomic mass is 10.3. The molecular formula is C7H8N2O3. The largest absolute Gasteiger partial charge is 0.367 e. The molecule has 0 aliphatic heterocycles. The van der Waals surface area contributed by atoms with Gasteiger partial charge in [-0.3, -0.25) is 14.4 Å². The van der Waals surface area contributed by atoms with Crippen molar-refractivity contribution in [1.82, 2.24) is 10.5 Å². The van der Waals surface area contributed by atoms with E-state index in [2.05, 4.69) is 9.82 Å². The lowest BCUT2D eigenvalue weighted by Crippen LogP contribution is -2.27. The van der Waals surface area contributed by atoms with Gasteiger partial charge < -0.3 is 4.98 Å². The standard InChI is InChI=1S/C7H8N2O3/c1-12-9-7(11)5-4-8-3-2-6(5)10/h2-4H,1H3,(H,8,10)(H,9,11). The van der Waals surface area contributed by atoms with E-state index in [1.807, 2.05) is 5.48 Å². The van der Waals surface area contributed by atoms with E-state index < -0.39 is 5.91 Å². The van der Waals surface area contributed by atoms with Gasteiger partial charge in [0.15, 0.2) is 5.43 Å². The summed E-state index contributed by atoms with van der Waals surface area (Å²) >= 11 is 0. The van der Waals surface area contributed by atoms with Crippen LogP contribution in [0.15, 0.2) is 23.3 Å². The van der Waals surface area contributed by atoms with E-state index in [0.29, 0.717) is 0 Å². The molecule has 5 nitrogen and oxygen atoms in total. The van der Waals surface area contributed by atoms with Crippen LogP contribution in [0.4, 0.5) is 0 Å². The van der Waals surface area contributed by atoms with Crippen molar-refractivity contribution < 1.29 is 9.63 Å². The lowest BCUT2D eigenvalue weighted by Gasteiger charge is -1.99. The molecule has 0 saturated heterocycles. The Labute approximate surface area is 68.3 Å². The van der Waals surface area contributed by atoms with Gasteiger partial charge in [-0.15, -0.1) is 0 Å². The smallest absolute Gasteiger partial charge is 0.280 e. The summed E-state index contributed by atoms with van der Waals surface area (Å²) in [5.41, 5.74) is 1.73. The van der Waals surface area contributed by atoms with Crippen LogP contribution in [0.1, 0.15) is 10.4 Å². The second kappa shape index (κ2) is 3.68. The molecule has 0 radical (unpaired) electrons. The maximum absolute atomic E-state index is 11.0. The van der Waals surface area contributed by atoms with E-state index in [1.165, 1.54) is 25.6 Å². The zero-order valence-electron chi connectivity index (χ0n) is 6.46. The van der Waals surface area contributed by atoms with Gasteiger partial charge in [-0.2, -0.15) is 0 Å². The van der Waals surface area contributed by atoms with Crippen molar-refractivity contribution >= 4 is 5.91 Å². The Hall–Kier alpha value is -1.62. The van der Waals surface area contributed by atoms with Gasteiger partial charge in [-0.1, -0.05) is 0 Å². The number of amides is 1. The first-order valence-corrected chi connectivity index (χ1v) is 3.26. The number of nitrogens with one attached hydrogen (secondary N) is 2. The maximum atomic E-state index is 11.0. The number of aromatic amines is 1. The Kier molecular flexibility index (Phi) is 2.60. The molecule has 1 heterocycles. The van der Waals surface area contributed by atoms with Crippen LogP contribution in [0.3, 0.4) is 0 Å². The van der Waals surface area contributed by atoms with Gasteiger partial charge in [0.25, 0.3) is 5.91 Å². The highest BCUT2D eigenvalue weighted by Crippen LogP contribution is 1.86. The fourth-order valence-corrected chi connectivity index (χ4v) is 0.741. The molecule has 12 heavy (non-hydrogen) atoms. The van der Waals surface area contributed by atoms with Crippen LogP contribution in [0.5, 0.6) is 0 Å². The molecule has 1 rings (SSSR count). The Morgan fingerprint density at radius 3 is 3.00 bits per heavy atom. The molecule has 0 fully saturated rings. The fraction of sp³-hybridized carbons (Fsp3) is 0.143. The number of pyridine rings is 1. The van der Waals surface area contributed by atoms with E-state index in [0.717, 1.165) is 0 Å². The van der Waals surface area contributed by atoms with Crippen LogP contribution >= 0.6 is 0 Å². The molecule has 0 aliphatic carbocycles. The maximum Gasteiger partial charge on any atom is 0.280 e. The Morgan fingerprint density at radius 1 is 1.67 bits per heavy atom. The molecule has 0 bridgehead atoms. The molecular weight excluding hydrogens is 160 g/mol. The molecule has 1 aromatic rings. The van der Waals surface area contributed by atoms with Gasteiger partial charge in [-0.05, 0) is 0 Å². The Bertz CT molecular complexity index is 331. The van der Waals surface area contributed by atoms with Crippen LogP contribution < -0.4 is 10.9 Å². The molecule has 0 aliphatic rings. The van der Waals surface area contributed by atoms with E-state index in [9.17, 15) is 9.59 Å². The summed E-state index contributed by atoms with van der Waals surface area (Å²) in [5, 5.41) is 0. The van der Waals surface area contributed by atoms with Gasteiger partial charge in [-0.25, -0.2) is 5.48 Å². The first kappa shape index (κ1) is 8.48. The van der Waals surface area contributed by atoms with Gasteiger partial charge >= 0.3 is 0 Å². The summed E-state index contributed by atoms with van der Waals surface area (Å²) in [4.78, 5) is 29.0. The first-order chi connectivity index (χ1) is 5.75. The first-order valence-electron chi connectivity index (χ1n) is 3.26. The fourth-order valence-electron chi connectivity index (χ4n) is 0.741. The monoisotopic (exact) mass is 168 g/mol. The van der Waals surface area contributed by atoms with Gasteiger partial charge in [0, 0.05) is 18.5 Å². The quantitative estimate of drug-likeness (QED) is 0.594. The number of rotatable bonds is 2. The van der Waals surface area contributed by atoms with Crippen molar-refractivity contribution in [2.75, 3.05) is 7.11 Å². The Morgan fingerprint density at radius 2 is 2.42 bits per heavy atom. The third-order valence-electron chi connectivity index (χ3n) is 1.26. The molecule has 0 atom stereocenters. The third-order valence-corrected chi connectivity index (χ3v) is 1.26. The molecule has 5 heteroatoms. The van der Waals surface area contributed by atoms with Gasteiger partial charge in [0.2, 0.25) is 0 Å². The minimum absolute atomic E-state index is 0.0272. The number of hydrogen-bond acceptors (Lipinski definition) is 3. The number of carbonyl (C=O) groups excluding carboxylic acids is 1. The second-order valence-electron chi connectivity index (χ2n) is 2.06. The van der Waals surface area contributed by atoms with E-state index in [-0.39, 0.29) is 11.0 Å². The highest BCUT2D eigenvalue weighted by Gasteiger charge is 2.07. The van der Waals surface area contributed by atoms with E-state index in [4.69, 9.17) is 0 Å².